The van der Waals surface area contributed by atoms with Crippen molar-refractivity contribution >= 4 is 23.6 Å². The van der Waals surface area contributed by atoms with E-state index in [-0.39, 0.29) is 0 Å². The van der Waals surface area contributed by atoms with Crippen molar-refractivity contribution < 1.29 is 18.6 Å². The highest BCUT2D eigenvalue weighted by Gasteiger charge is 2.40. The summed E-state index contributed by atoms with van der Waals surface area (Å²) in [7, 11) is 1.23. The second-order valence-electron chi connectivity index (χ2n) is 2.16. The molecule has 0 amide bonds. The SMILES string of the molecule is COC(C)(C(C)=O)C(=O)OCl. The van der Waals surface area contributed by atoms with Crippen molar-refractivity contribution in [1.29, 1.82) is 0 Å². The minimum atomic E-state index is -1.58. The molecule has 4 nitrogen and oxygen atoms in total. The van der Waals surface area contributed by atoms with Gasteiger partial charge in [-0.05, 0) is 13.8 Å². The molecule has 0 N–H and O–H groups in total. The molecule has 11 heavy (non-hydrogen) atoms. The lowest BCUT2D eigenvalue weighted by Crippen LogP contribution is -2.44. The number of hydrogen-bond donors (Lipinski definition) is 0. The lowest BCUT2D eigenvalue weighted by molar-refractivity contribution is -0.163. The molecule has 0 aromatic rings. The smallest absolute Gasteiger partial charge is 0.360 e. The number of ketones is 1. The monoisotopic (exact) mass is 180 g/mol. The zero-order valence-electron chi connectivity index (χ0n) is 6.51. The average molecular weight is 181 g/mol. The summed E-state index contributed by atoms with van der Waals surface area (Å²) in [4.78, 5) is 21.6. The lowest BCUT2D eigenvalue weighted by atomic mass is 10.0. The van der Waals surface area contributed by atoms with Gasteiger partial charge in [0.25, 0.3) is 0 Å². The quantitative estimate of drug-likeness (QED) is 0.600. The van der Waals surface area contributed by atoms with Crippen molar-refractivity contribution in [3.63, 3.8) is 0 Å². The van der Waals surface area contributed by atoms with Crippen LogP contribution in [0.1, 0.15) is 13.8 Å². The van der Waals surface area contributed by atoms with Crippen LogP contribution >= 0.6 is 11.9 Å². The normalized spacial score (nSPS) is 15.3. The summed E-state index contributed by atoms with van der Waals surface area (Å²) in [6.45, 7) is 2.51. The van der Waals surface area contributed by atoms with Crippen LogP contribution in [0.5, 0.6) is 0 Å². The second kappa shape index (κ2) is 3.69. The Morgan fingerprint density at radius 1 is 1.45 bits per heavy atom. The number of rotatable bonds is 3. The van der Waals surface area contributed by atoms with Crippen molar-refractivity contribution in [3.8, 4) is 0 Å². The van der Waals surface area contributed by atoms with Crippen LogP contribution in [0.2, 0.25) is 0 Å². The van der Waals surface area contributed by atoms with Crippen LogP contribution < -0.4 is 0 Å². The number of methoxy groups -OCH3 is 1. The van der Waals surface area contributed by atoms with Gasteiger partial charge in [-0.2, -0.15) is 0 Å². The average Bonchev–Trinajstić information content (AvgIpc) is 2.01. The zero-order chi connectivity index (χ0) is 9.07. The molecule has 64 valence electrons. The fraction of sp³-hybridized carbons (Fsp3) is 0.667. The number of Topliss-reactive ketones (excluding diaryl/α,β-unsaturated/α-hetero) is 1. The summed E-state index contributed by atoms with van der Waals surface area (Å²) in [6.07, 6.45) is 0. The topological polar surface area (TPSA) is 52.6 Å². The fourth-order valence-corrected chi connectivity index (χ4v) is 0.592. The molecule has 0 saturated carbocycles. The zero-order valence-corrected chi connectivity index (χ0v) is 7.27. The first-order valence-corrected chi connectivity index (χ1v) is 3.19. The van der Waals surface area contributed by atoms with Crippen molar-refractivity contribution in [2.75, 3.05) is 7.11 Å². The Hall–Kier alpha value is -0.610. The molecule has 0 fully saturated rings. The predicted octanol–water partition coefficient (Wildman–Crippen LogP) is 0.677. The van der Waals surface area contributed by atoms with Crippen molar-refractivity contribution in [2.45, 2.75) is 19.4 Å². The minimum absolute atomic E-state index is 0.453. The van der Waals surface area contributed by atoms with E-state index in [1.165, 1.54) is 21.0 Å². The van der Waals surface area contributed by atoms with E-state index in [0.29, 0.717) is 0 Å². The Balaban J connectivity index is 4.59. The van der Waals surface area contributed by atoms with E-state index in [1.807, 2.05) is 0 Å². The van der Waals surface area contributed by atoms with E-state index in [1.54, 1.807) is 0 Å². The molecular weight excluding hydrogens is 172 g/mol. The van der Waals surface area contributed by atoms with Gasteiger partial charge in [0.2, 0.25) is 5.60 Å². The second-order valence-corrected chi connectivity index (χ2v) is 2.31. The Bertz CT molecular complexity index is 179. The molecular formula is C6H9ClO4. The van der Waals surface area contributed by atoms with Gasteiger partial charge in [-0.3, -0.25) is 4.79 Å². The van der Waals surface area contributed by atoms with Crippen molar-refractivity contribution in [3.05, 3.63) is 0 Å². The van der Waals surface area contributed by atoms with Gasteiger partial charge in [-0.15, -0.1) is 0 Å². The third-order valence-electron chi connectivity index (χ3n) is 1.54. The van der Waals surface area contributed by atoms with Crippen LogP contribution in [-0.2, 0) is 18.6 Å². The number of ether oxygens (including phenoxy) is 1. The van der Waals surface area contributed by atoms with E-state index in [4.69, 9.17) is 11.9 Å². The molecule has 1 unspecified atom stereocenters. The number of carbonyl (C=O) groups is 2. The molecule has 0 bridgehead atoms. The Labute approximate surface area is 69.6 Å². The van der Waals surface area contributed by atoms with E-state index < -0.39 is 17.4 Å². The third-order valence-corrected chi connectivity index (χ3v) is 1.68. The van der Waals surface area contributed by atoms with Gasteiger partial charge < -0.3 is 9.03 Å². The van der Waals surface area contributed by atoms with E-state index in [9.17, 15) is 9.59 Å². The van der Waals surface area contributed by atoms with E-state index in [0.717, 1.165) is 0 Å². The molecule has 1 atom stereocenters. The molecule has 0 heterocycles. The third kappa shape index (κ3) is 1.91. The highest BCUT2D eigenvalue weighted by molar-refractivity contribution is 6.18. The van der Waals surface area contributed by atoms with Crippen LogP contribution in [-0.4, -0.2) is 24.5 Å². The molecule has 0 aliphatic heterocycles. The molecule has 0 rings (SSSR count). The molecule has 0 saturated heterocycles. The first kappa shape index (κ1) is 10.4. The number of halogens is 1. The van der Waals surface area contributed by atoms with Crippen LogP contribution in [0, 0.1) is 0 Å². The standard InChI is InChI=1S/C6H9ClO4/c1-4(8)6(2,10-3)5(9)11-7/h1-3H3. The number of hydrogen-bond acceptors (Lipinski definition) is 4. The Kier molecular flexibility index (Phi) is 3.48. The summed E-state index contributed by atoms with van der Waals surface area (Å²) >= 11 is 4.78. The maximum absolute atomic E-state index is 10.8. The lowest BCUT2D eigenvalue weighted by Gasteiger charge is -2.19. The maximum atomic E-state index is 10.8. The van der Waals surface area contributed by atoms with Crippen LogP contribution in [0.4, 0.5) is 0 Å². The van der Waals surface area contributed by atoms with Gasteiger partial charge >= 0.3 is 5.97 Å². The maximum Gasteiger partial charge on any atom is 0.363 e. The van der Waals surface area contributed by atoms with Gasteiger partial charge in [-0.1, -0.05) is 0 Å². The summed E-state index contributed by atoms with van der Waals surface area (Å²) in [5.74, 6) is -1.36. The van der Waals surface area contributed by atoms with Gasteiger partial charge in [0.05, 0.1) is 0 Å². The van der Waals surface area contributed by atoms with E-state index >= 15 is 0 Å². The molecule has 0 aromatic heterocycles. The first-order valence-electron chi connectivity index (χ1n) is 2.88. The van der Waals surface area contributed by atoms with E-state index in [2.05, 4.69) is 9.03 Å². The summed E-state index contributed by atoms with van der Waals surface area (Å²) in [5, 5.41) is 0. The summed E-state index contributed by atoms with van der Waals surface area (Å²) < 4.78 is 8.50. The first-order chi connectivity index (χ1) is 4.99. The molecule has 0 aliphatic carbocycles. The molecule has 5 heteroatoms. The molecule has 0 spiro atoms. The molecule has 0 radical (unpaired) electrons. The largest absolute Gasteiger partial charge is 0.363 e. The van der Waals surface area contributed by atoms with Gasteiger partial charge in [0.15, 0.2) is 5.78 Å². The molecule has 0 aromatic carbocycles. The van der Waals surface area contributed by atoms with Crippen LogP contribution in [0.3, 0.4) is 0 Å². The predicted molar refractivity (Wildman–Crippen MR) is 38.0 cm³/mol. The highest BCUT2D eigenvalue weighted by atomic mass is 35.5. The highest BCUT2D eigenvalue weighted by Crippen LogP contribution is 2.13. The Morgan fingerprint density at radius 3 is 2.00 bits per heavy atom. The fourth-order valence-electron chi connectivity index (χ4n) is 0.444. The number of carbonyl (C=O) groups excluding carboxylic acids is 2. The van der Waals surface area contributed by atoms with Gasteiger partial charge in [0, 0.05) is 7.11 Å². The minimum Gasteiger partial charge on any atom is -0.360 e. The van der Waals surface area contributed by atoms with Crippen LogP contribution in [0.15, 0.2) is 0 Å². The van der Waals surface area contributed by atoms with Crippen molar-refractivity contribution in [2.24, 2.45) is 0 Å². The van der Waals surface area contributed by atoms with Crippen molar-refractivity contribution in [1.82, 2.24) is 0 Å². The Morgan fingerprint density at radius 2 is 1.91 bits per heavy atom. The molecule has 0 aliphatic rings. The summed E-state index contributed by atoms with van der Waals surface area (Å²) in [5.41, 5.74) is -1.58. The van der Waals surface area contributed by atoms with Crippen LogP contribution in [0.25, 0.3) is 0 Å². The summed E-state index contributed by atoms with van der Waals surface area (Å²) in [6, 6.07) is 0. The van der Waals surface area contributed by atoms with Gasteiger partial charge in [0.1, 0.15) is 11.9 Å². The van der Waals surface area contributed by atoms with Gasteiger partial charge in [-0.25, -0.2) is 4.79 Å².